The Morgan fingerprint density at radius 2 is 1.92 bits per heavy atom. The molecule has 0 atom stereocenters. The molecule has 0 radical (unpaired) electrons. The molecule has 1 saturated heterocycles. The van der Waals surface area contributed by atoms with Crippen LogP contribution in [0, 0.1) is 11.8 Å². The summed E-state index contributed by atoms with van der Waals surface area (Å²) < 4.78 is 0. The van der Waals surface area contributed by atoms with Crippen LogP contribution in [0.5, 0.6) is 5.88 Å². The van der Waals surface area contributed by atoms with E-state index in [4.69, 9.17) is 4.98 Å². The van der Waals surface area contributed by atoms with Crippen molar-refractivity contribution in [3.05, 3.63) is 30.6 Å². The van der Waals surface area contributed by atoms with Crippen LogP contribution in [0.15, 0.2) is 30.6 Å². The molecule has 3 aromatic heterocycles. The van der Waals surface area contributed by atoms with Crippen molar-refractivity contribution in [2.75, 3.05) is 29.9 Å². The molecular weight excluding hydrogens is 452 g/mol. The van der Waals surface area contributed by atoms with Crippen LogP contribution < -0.4 is 15.5 Å². The number of amides is 1. The lowest BCUT2D eigenvalue weighted by Crippen LogP contribution is -2.41. The molecule has 1 saturated carbocycles. The number of pyridine rings is 2. The fourth-order valence-electron chi connectivity index (χ4n) is 5.41. The molecule has 0 spiro atoms. The number of carbonyl (C=O) groups excluding carboxylic acids is 1. The van der Waals surface area contributed by atoms with Gasteiger partial charge in [-0.15, -0.1) is 0 Å². The van der Waals surface area contributed by atoms with Crippen LogP contribution in [-0.2, 0) is 4.79 Å². The molecular formula is C28H38N6O2. The predicted octanol–water partition coefficient (Wildman–Crippen LogP) is 5.06. The first kappa shape index (κ1) is 24.4. The Bertz CT molecular complexity index is 1190. The molecule has 0 aromatic carbocycles. The van der Waals surface area contributed by atoms with Crippen molar-refractivity contribution >= 4 is 28.3 Å². The van der Waals surface area contributed by atoms with Crippen molar-refractivity contribution in [2.24, 2.45) is 11.8 Å². The van der Waals surface area contributed by atoms with Crippen LogP contribution >= 0.6 is 0 Å². The Morgan fingerprint density at radius 1 is 1.14 bits per heavy atom. The quantitative estimate of drug-likeness (QED) is 0.369. The second-order valence-corrected chi connectivity index (χ2v) is 10.7. The molecule has 2 aliphatic rings. The summed E-state index contributed by atoms with van der Waals surface area (Å²) >= 11 is 0. The monoisotopic (exact) mass is 490 g/mol. The van der Waals surface area contributed by atoms with E-state index >= 15 is 0 Å². The molecule has 0 bridgehead atoms. The molecule has 8 heteroatoms. The van der Waals surface area contributed by atoms with Crippen molar-refractivity contribution in [3.8, 4) is 17.1 Å². The van der Waals surface area contributed by atoms with Gasteiger partial charge >= 0.3 is 0 Å². The van der Waals surface area contributed by atoms with Crippen LogP contribution in [0.4, 0.5) is 11.6 Å². The van der Waals surface area contributed by atoms with Gasteiger partial charge in [0.1, 0.15) is 11.6 Å². The smallest absolute Gasteiger partial charge is 0.223 e. The van der Waals surface area contributed by atoms with Gasteiger partial charge in [0.15, 0.2) is 5.88 Å². The Morgan fingerprint density at radius 3 is 2.67 bits per heavy atom. The number of aromatic amines is 1. The number of carbonyl (C=O) groups is 1. The summed E-state index contributed by atoms with van der Waals surface area (Å²) in [5, 5.41) is 18.9. The highest BCUT2D eigenvalue weighted by Gasteiger charge is 2.27. The molecule has 1 aliphatic heterocycles. The summed E-state index contributed by atoms with van der Waals surface area (Å²) in [6, 6.07) is 6.44. The maximum Gasteiger partial charge on any atom is 0.223 e. The fourth-order valence-corrected chi connectivity index (χ4v) is 5.41. The Labute approximate surface area is 212 Å². The number of hydrogen-bond donors (Lipinski definition) is 4. The van der Waals surface area contributed by atoms with E-state index in [-0.39, 0.29) is 17.7 Å². The summed E-state index contributed by atoms with van der Waals surface area (Å²) in [4.78, 5) is 27.4. The number of hydrogen-bond acceptors (Lipinski definition) is 6. The molecule has 4 heterocycles. The minimum atomic E-state index is 0.0342. The van der Waals surface area contributed by atoms with Crippen molar-refractivity contribution in [1.82, 2.24) is 20.3 Å². The third-order valence-corrected chi connectivity index (χ3v) is 7.51. The number of fused-ring (bicyclic) bond motifs is 1. The Kier molecular flexibility index (Phi) is 7.30. The van der Waals surface area contributed by atoms with Crippen molar-refractivity contribution in [1.29, 1.82) is 0 Å². The van der Waals surface area contributed by atoms with E-state index in [0.717, 1.165) is 66.1 Å². The van der Waals surface area contributed by atoms with Gasteiger partial charge in [0.2, 0.25) is 5.91 Å². The topological polar surface area (TPSA) is 106 Å². The van der Waals surface area contributed by atoms with Gasteiger partial charge in [-0.2, -0.15) is 0 Å². The molecule has 2 fully saturated rings. The summed E-state index contributed by atoms with van der Waals surface area (Å²) in [7, 11) is 0. The van der Waals surface area contributed by atoms with Crippen molar-refractivity contribution < 1.29 is 9.90 Å². The fraction of sp³-hybridized carbons (Fsp3) is 0.536. The van der Waals surface area contributed by atoms with Gasteiger partial charge in [0, 0.05) is 60.3 Å². The van der Waals surface area contributed by atoms with Crippen molar-refractivity contribution in [2.45, 2.75) is 64.8 Å². The summed E-state index contributed by atoms with van der Waals surface area (Å²) in [5.74, 6) is 2.50. The number of rotatable bonds is 7. The van der Waals surface area contributed by atoms with E-state index in [1.54, 1.807) is 0 Å². The van der Waals surface area contributed by atoms with Gasteiger partial charge < -0.3 is 25.6 Å². The summed E-state index contributed by atoms with van der Waals surface area (Å²) in [6.45, 7) is 6.44. The third-order valence-electron chi connectivity index (χ3n) is 7.51. The van der Waals surface area contributed by atoms with Gasteiger partial charge in [0.25, 0.3) is 0 Å². The number of aromatic hydroxyl groups is 1. The highest BCUT2D eigenvalue weighted by Crippen LogP contribution is 2.36. The Balaban J connectivity index is 1.37. The lowest BCUT2D eigenvalue weighted by Gasteiger charge is -2.33. The van der Waals surface area contributed by atoms with E-state index in [1.807, 2.05) is 24.5 Å². The third kappa shape index (κ3) is 5.42. The first-order valence-electron chi connectivity index (χ1n) is 13.4. The number of anilines is 2. The molecule has 1 aliphatic carbocycles. The molecule has 8 nitrogen and oxygen atoms in total. The first-order chi connectivity index (χ1) is 17.5. The van der Waals surface area contributed by atoms with Crippen LogP contribution in [0.25, 0.3) is 22.0 Å². The first-order valence-corrected chi connectivity index (χ1v) is 13.4. The van der Waals surface area contributed by atoms with Gasteiger partial charge in [-0.1, -0.05) is 33.1 Å². The van der Waals surface area contributed by atoms with Crippen LogP contribution in [0.3, 0.4) is 0 Å². The predicted molar refractivity (Wildman–Crippen MR) is 144 cm³/mol. The largest absolute Gasteiger partial charge is 0.494 e. The molecule has 3 aromatic rings. The summed E-state index contributed by atoms with van der Waals surface area (Å²) in [5.41, 5.74) is 1.77. The molecule has 192 valence electrons. The number of aromatic nitrogens is 3. The van der Waals surface area contributed by atoms with E-state index in [2.05, 4.69) is 45.4 Å². The second-order valence-electron chi connectivity index (χ2n) is 10.7. The average Bonchev–Trinajstić information content (AvgIpc) is 3.28. The molecule has 36 heavy (non-hydrogen) atoms. The van der Waals surface area contributed by atoms with E-state index in [9.17, 15) is 9.90 Å². The van der Waals surface area contributed by atoms with Gasteiger partial charge in [0.05, 0.1) is 5.69 Å². The highest BCUT2D eigenvalue weighted by atomic mass is 16.3. The zero-order valence-electron chi connectivity index (χ0n) is 21.4. The Hall–Kier alpha value is -3.29. The van der Waals surface area contributed by atoms with Gasteiger partial charge in [-0.05, 0) is 49.8 Å². The van der Waals surface area contributed by atoms with E-state index < -0.39 is 0 Å². The lowest BCUT2D eigenvalue weighted by molar-refractivity contribution is -0.125. The van der Waals surface area contributed by atoms with Gasteiger partial charge in [-0.3, -0.25) is 4.79 Å². The minimum Gasteiger partial charge on any atom is -0.494 e. The maximum atomic E-state index is 12.6. The normalized spacial score (nSPS) is 17.6. The van der Waals surface area contributed by atoms with E-state index in [0.29, 0.717) is 12.0 Å². The average molecular weight is 491 g/mol. The van der Waals surface area contributed by atoms with E-state index in [1.165, 1.54) is 32.1 Å². The molecule has 0 unspecified atom stereocenters. The SMILES string of the molecule is CC(C)CNC(=O)C1CCN(c2nc(-c3ccnc(NC4CCCCC4)c3)cc3c(O)[nH]cc23)CC1. The minimum absolute atomic E-state index is 0.0342. The van der Waals surface area contributed by atoms with Crippen LogP contribution in [0.2, 0.25) is 0 Å². The zero-order chi connectivity index (χ0) is 25.1. The molecule has 1 amide bonds. The molecule has 5 rings (SSSR count). The van der Waals surface area contributed by atoms with Crippen LogP contribution in [0.1, 0.15) is 58.8 Å². The standard InChI is InChI=1S/C28H38N6O2/c1-18(2)16-30-27(35)19-9-12-34(13-10-19)26-23-17-31-28(36)22(23)15-24(33-26)20-8-11-29-25(14-20)32-21-6-4-3-5-7-21/h8,11,14-15,17-19,21,31,36H,3-7,9-10,12-13,16H2,1-2H3,(H,29,32)(H,30,35). The summed E-state index contributed by atoms with van der Waals surface area (Å²) in [6.07, 6.45) is 11.4. The second kappa shape index (κ2) is 10.8. The van der Waals surface area contributed by atoms with Gasteiger partial charge in [-0.25, -0.2) is 9.97 Å². The number of piperidine rings is 1. The molecule has 4 N–H and O–H groups in total. The van der Waals surface area contributed by atoms with Crippen LogP contribution in [-0.4, -0.2) is 51.6 Å². The maximum absolute atomic E-state index is 12.6. The number of nitrogens with one attached hydrogen (secondary N) is 3. The highest BCUT2D eigenvalue weighted by molar-refractivity contribution is 5.98. The number of nitrogens with zero attached hydrogens (tertiary/aromatic N) is 3. The number of H-pyrrole nitrogens is 1. The van der Waals surface area contributed by atoms with Crippen molar-refractivity contribution in [3.63, 3.8) is 0 Å². The lowest BCUT2D eigenvalue weighted by atomic mass is 9.95. The zero-order valence-corrected chi connectivity index (χ0v) is 21.4.